The molecule has 0 bridgehead atoms. The van der Waals surface area contributed by atoms with Crippen molar-refractivity contribution >= 4 is 40.9 Å². The van der Waals surface area contributed by atoms with Crippen molar-refractivity contribution in [3.8, 4) is 0 Å². The molecule has 0 spiro atoms. The average Bonchev–Trinajstić information content (AvgIpc) is 2.61. The van der Waals surface area contributed by atoms with Gasteiger partial charge < -0.3 is 5.32 Å². The van der Waals surface area contributed by atoms with E-state index >= 15 is 0 Å². The van der Waals surface area contributed by atoms with Gasteiger partial charge in [0.05, 0.1) is 17.5 Å². The van der Waals surface area contributed by atoms with Gasteiger partial charge in [-0.05, 0) is 36.2 Å². The number of fused-ring (bicyclic) bond motifs is 1. The lowest BCUT2D eigenvalue weighted by Crippen LogP contribution is -2.47. The van der Waals surface area contributed by atoms with Gasteiger partial charge in [-0.15, -0.1) is 0 Å². The Morgan fingerprint density at radius 1 is 1.22 bits per heavy atom. The van der Waals surface area contributed by atoms with Gasteiger partial charge in [0.2, 0.25) is 11.8 Å². The van der Waals surface area contributed by atoms with Crippen LogP contribution in [0.15, 0.2) is 36.4 Å². The van der Waals surface area contributed by atoms with Crippen LogP contribution in [0.25, 0.3) is 0 Å². The Hall–Kier alpha value is -2.44. The second-order valence-electron chi connectivity index (χ2n) is 6.20. The van der Waals surface area contributed by atoms with Crippen LogP contribution in [0.4, 0.5) is 4.39 Å². The first-order valence-electron chi connectivity index (χ1n) is 8.14. The summed E-state index contributed by atoms with van der Waals surface area (Å²) in [5.41, 5.74) is 1.38. The first-order chi connectivity index (χ1) is 12.8. The first kappa shape index (κ1) is 19.3. The van der Waals surface area contributed by atoms with E-state index in [1.807, 2.05) is 0 Å². The number of hydrogen-bond donors (Lipinski definition) is 1. The van der Waals surface area contributed by atoms with Crippen molar-refractivity contribution in [1.29, 1.82) is 0 Å². The lowest BCUT2D eigenvalue weighted by molar-refractivity contribution is -0.133. The van der Waals surface area contributed by atoms with Gasteiger partial charge in [-0.1, -0.05) is 41.4 Å². The molecule has 0 fully saturated rings. The molecule has 3 rings (SSSR count). The molecule has 0 radical (unpaired) electrons. The fourth-order valence-corrected chi connectivity index (χ4v) is 3.49. The molecule has 1 aliphatic rings. The van der Waals surface area contributed by atoms with E-state index in [0.29, 0.717) is 16.7 Å². The number of hydrogen-bond acceptors (Lipinski definition) is 3. The zero-order chi connectivity index (χ0) is 19.7. The first-order valence-corrected chi connectivity index (χ1v) is 8.90. The molecule has 3 amide bonds. The van der Waals surface area contributed by atoms with Gasteiger partial charge >= 0.3 is 0 Å². The molecule has 1 heterocycles. The van der Waals surface area contributed by atoms with Crippen molar-refractivity contribution in [3.05, 3.63) is 69.0 Å². The number of imide groups is 1. The number of benzene rings is 2. The van der Waals surface area contributed by atoms with Crippen LogP contribution in [0.1, 0.15) is 34.5 Å². The maximum atomic E-state index is 13.7. The fourth-order valence-electron chi connectivity index (χ4n) is 2.94. The maximum absolute atomic E-state index is 13.7. The summed E-state index contributed by atoms with van der Waals surface area (Å²) in [7, 11) is 0. The summed E-state index contributed by atoms with van der Waals surface area (Å²) < 4.78 is 13.7. The fraction of sp³-hybridized carbons (Fsp3) is 0.211. The zero-order valence-corrected chi connectivity index (χ0v) is 15.8. The summed E-state index contributed by atoms with van der Waals surface area (Å²) >= 11 is 11.7. The Bertz CT molecular complexity index is 949. The van der Waals surface area contributed by atoms with Crippen LogP contribution >= 0.6 is 23.2 Å². The Morgan fingerprint density at radius 2 is 1.93 bits per heavy atom. The number of carbonyl (C=O) groups is 3. The molecule has 2 aromatic rings. The van der Waals surface area contributed by atoms with E-state index < -0.39 is 36.1 Å². The predicted molar refractivity (Wildman–Crippen MR) is 99.2 cm³/mol. The number of rotatable bonds is 4. The van der Waals surface area contributed by atoms with E-state index in [0.717, 1.165) is 11.0 Å². The Kier molecular flexibility index (Phi) is 5.48. The second kappa shape index (κ2) is 7.66. The normalized spacial score (nSPS) is 14.7. The van der Waals surface area contributed by atoms with E-state index in [1.165, 1.54) is 6.07 Å². The van der Waals surface area contributed by atoms with E-state index in [9.17, 15) is 18.8 Å². The van der Waals surface area contributed by atoms with Crippen LogP contribution in [0.3, 0.4) is 0 Å². The molecular formula is C19H15Cl2FN2O3. The Morgan fingerprint density at radius 3 is 2.67 bits per heavy atom. The molecule has 0 saturated carbocycles. The summed E-state index contributed by atoms with van der Waals surface area (Å²) in [5.74, 6) is -2.18. The predicted octanol–water partition coefficient (Wildman–Crippen LogP) is 3.53. The summed E-state index contributed by atoms with van der Waals surface area (Å²) in [6.07, 6.45) is 0.0545. The molecule has 1 N–H and O–H groups in total. The van der Waals surface area contributed by atoms with Gasteiger partial charge in [0.1, 0.15) is 12.4 Å². The second-order valence-corrected chi connectivity index (χ2v) is 7.01. The van der Waals surface area contributed by atoms with Gasteiger partial charge in [-0.3, -0.25) is 19.3 Å². The van der Waals surface area contributed by atoms with E-state index in [2.05, 4.69) is 5.32 Å². The number of amides is 3. The molecule has 1 aliphatic heterocycles. The molecule has 0 saturated heterocycles. The van der Waals surface area contributed by atoms with Crippen LogP contribution in [0.5, 0.6) is 0 Å². The van der Waals surface area contributed by atoms with Crippen LogP contribution in [0, 0.1) is 5.82 Å². The zero-order valence-electron chi connectivity index (χ0n) is 14.3. The Labute approximate surface area is 165 Å². The minimum absolute atomic E-state index is 0.0545. The monoisotopic (exact) mass is 408 g/mol. The third-order valence-corrected chi connectivity index (χ3v) is 4.94. The van der Waals surface area contributed by atoms with Crippen molar-refractivity contribution in [3.63, 3.8) is 0 Å². The molecule has 140 valence electrons. The molecule has 2 aromatic carbocycles. The van der Waals surface area contributed by atoms with Gasteiger partial charge in [0.15, 0.2) is 0 Å². The van der Waals surface area contributed by atoms with Crippen LogP contribution in [-0.2, 0) is 16.0 Å². The van der Waals surface area contributed by atoms with Crippen molar-refractivity contribution in [2.45, 2.75) is 19.4 Å². The SMILES string of the molecule is C[C@@H](NC(=O)CN1C(=O)Cc2ccccc2C1=O)c1cc(F)c(Cl)cc1Cl. The van der Waals surface area contributed by atoms with Crippen LogP contribution in [0.2, 0.25) is 10.0 Å². The highest BCUT2D eigenvalue weighted by atomic mass is 35.5. The quantitative estimate of drug-likeness (QED) is 0.621. The third kappa shape index (κ3) is 3.96. The highest BCUT2D eigenvalue weighted by molar-refractivity contribution is 6.35. The number of nitrogens with one attached hydrogen (secondary N) is 1. The molecule has 0 aromatic heterocycles. The topological polar surface area (TPSA) is 66.5 Å². The highest BCUT2D eigenvalue weighted by Crippen LogP contribution is 2.28. The third-order valence-electron chi connectivity index (χ3n) is 4.32. The molecule has 0 aliphatic carbocycles. The van der Waals surface area contributed by atoms with Gasteiger partial charge in [-0.25, -0.2) is 4.39 Å². The average molecular weight is 409 g/mol. The van der Waals surface area contributed by atoms with E-state index in [1.54, 1.807) is 31.2 Å². The number of nitrogens with zero attached hydrogens (tertiary/aromatic N) is 1. The summed E-state index contributed by atoms with van der Waals surface area (Å²) in [6.45, 7) is 1.19. The summed E-state index contributed by atoms with van der Waals surface area (Å²) in [6, 6.07) is 8.53. The smallest absolute Gasteiger partial charge is 0.261 e. The van der Waals surface area contributed by atoms with Crippen molar-refractivity contribution in [1.82, 2.24) is 10.2 Å². The number of carbonyl (C=O) groups excluding carboxylic acids is 3. The lowest BCUT2D eigenvalue weighted by atomic mass is 9.98. The highest BCUT2D eigenvalue weighted by Gasteiger charge is 2.32. The van der Waals surface area contributed by atoms with Gasteiger partial charge in [0.25, 0.3) is 5.91 Å². The van der Waals surface area contributed by atoms with Crippen molar-refractivity contribution in [2.75, 3.05) is 6.54 Å². The van der Waals surface area contributed by atoms with Gasteiger partial charge in [-0.2, -0.15) is 0 Å². The number of halogens is 3. The standard InChI is InChI=1S/C19H15Cl2FN2O3/c1-10(13-7-16(22)15(21)8-14(13)20)23-17(25)9-24-18(26)6-11-4-2-3-5-12(11)19(24)27/h2-5,7-8,10H,6,9H2,1H3,(H,23,25)/t10-/m1/s1. The largest absolute Gasteiger partial charge is 0.348 e. The minimum Gasteiger partial charge on any atom is -0.348 e. The molecular weight excluding hydrogens is 394 g/mol. The summed E-state index contributed by atoms with van der Waals surface area (Å²) in [5, 5.41) is 2.70. The van der Waals surface area contributed by atoms with Crippen molar-refractivity contribution in [2.24, 2.45) is 0 Å². The molecule has 5 nitrogen and oxygen atoms in total. The molecule has 27 heavy (non-hydrogen) atoms. The molecule has 0 unspecified atom stereocenters. The lowest BCUT2D eigenvalue weighted by Gasteiger charge is -2.27. The van der Waals surface area contributed by atoms with Crippen LogP contribution < -0.4 is 5.32 Å². The van der Waals surface area contributed by atoms with Gasteiger partial charge in [0, 0.05) is 10.6 Å². The maximum Gasteiger partial charge on any atom is 0.261 e. The van der Waals surface area contributed by atoms with Crippen molar-refractivity contribution < 1.29 is 18.8 Å². The summed E-state index contributed by atoms with van der Waals surface area (Å²) in [4.78, 5) is 38.0. The minimum atomic E-state index is -0.657. The van der Waals surface area contributed by atoms with Crippen LogP contribution in [-0.4, -0.2) is 29.2 Å². The van der Waals surface area contributed by atoms with E-state index in [-0.39, 0.29) is 16.5 Å². The Balaban J connectivity index is 1.72. The molecule has 1 atom stereocenters. The molecule has 8 heteroatoms. The van der Waals surface area contributed by atoms with E-state index in [4.69, 9.17) is 23.2 Å².